The zero-order valence-corrected chi connectivity index (χ0v) is 16.9. The van der Waals surface area contributed by atoms with Crippen LogP contribution in [0.25, 0.3) is 0 Å². The van der Waals surface area contributed by atoms with Crippen molar-refractivity contribution in [3.63, 3.8) is 0 Å². The Hall–Kier alpha value is -2.00. The number of amides is 2. The first kappa shape index (κ1) is 19.8. The highest BCUT2D eigenvalue weighted by Crippen LogP contribution is 2.34. The van der Waals surface area contributed by atoms with E-state index in [4.69, 9.17) is 0 Å². The van der Waals surface area contributed by atoms with Crippen molar-refractivity contribution in [2.75, 3.05) is 17.7 Å². The zero-order chi connectivity index (χ0) is 19.9. The van der Waals surface area contributed by atoms with E-state index in [0.717, 1.165) is 17.6 Å². The van der Waals surface area contributed by atoms with E-state index in [1.54, 1.807) is 4.90 Å². The molecule has 0 saturated carbocycles. The summed E-state index contributed by atoms with van der Waals surface area (Å²) in [5.74, 6) is 0.283. The number of anilines is 1. The van der Waals surface area contributed by atoms with Gasteiger partial charge < -0.3 is 5.32 Å². The summed E-state index contributed by atoms with van der Waals surface area (Å²) in [5, 5.41) is 2.90. The molecule has 1 aromatic heterocycles. The molecule has 2 N–H and O–H groups in total. The summed E-state index contributed by atoms with van der Waals surface area (Å²) in [4.78, 5) is 27.3. The van der Waals surface area contributed by atoms with Gasteiger partial charge >= 0.3 is 5.91 Å². The summed E-state index contributed by atoms with van der Waals surface area (Å²) < 4.78 is 27.5. The Bertz CT molecular complexity index is 870. The molecular formula is C18H27N4O4S+. The smallest absolute Gasteiger partial charge is 0.336 e. The third-order valence-corrected chi connectivity index (χ3v) is 6.18. The van der Waals surface area contributed by atoms with Crippen LogP contribution < -0.4 is 19.5 Å². The first-order chi connectivity index (χ1) is 12.6. The summed E-state index contributed by atoms with van der Waals surface area (Å²) in [7, 11) is -3.36. The molecule has 0 saturated heterocycles. The topological polar surface area (TPSA) is 99.5 Å². The Labute approximate surface area is 160 Å². The standard InChI is InChI=1S/C18H26N4O4S/c1-5-11(2)16(23)20-15-12(3)21-8-6-7-13-9-14(10-19-27(4,25)26)22(17(13)21)18(15)24/h6-8,11-12,14-15,19H,5,9-10H2,1-4H3/p+1/t11-,12?,14+,15+/m1/s1. The number of nitrogens with zero attached hydrogens (tertiary/aromatic N) is 2. The molecule has 0 fully saturated rings. The number of carbonyl (C=O) groups excluding carboxylic acids is 2. The number of rotatable bonds is 6. The molecule has 0 bridgehead atoms. The summed E-state index contributed by atoms with van der Waals surface area (Å²) in [5.41, 5.74) is 1.00. The molecule has 0 radical (unpaired) electrons. The molecule has 3 rings (SSSR count). The Balaban J connectivity index is 1.93. The molecule has 4 atom stereocenters. The molecular weight excluding hydrogens is 368 g/mol. The van der Waals surface area contributed by atoms with Gasteiger partial charge in [-0.25, -0.2) is 22.5 Å². The quantitative estimate of drug-likeness (QED) is 0.657. The highest BCUT2D eigenvalue weighted by Gasteiger charge is 2.53. The van der Waals surface area contributed by atoms with E-state index in [0.29, 0.717) is 12.8 Å². The van der Waals surface area contributed by atoms with Crippen LogP contribution in [0.3, 0.4) is 0 Å². The average Bonchev–Trinajstić information content (AvgIpc) is 2.99. The Morgan fingerprint density at radius 2 is 2.15 bits per heavy atom. The second kappa shape index (κ2) is 7.20. The van der Waals surface area contributed by atoms with E-state index in [9.17, 15) is 18.0 Å². The highest BCUT2D eigenvalue weighted by molar-refractivity contribution is 7.88. The van der Waals surface area contributed by atoms with Gasteiger partial charge in [0.15, 0.2) is 6.04 Å². The molecule has 3 heterocycles. The van der Waals surface area contributed by atoms with Crippen molar-refractivity contribution in [1.82, 2.24) is 10.0 Å². The summed E-state index contributed by atoms with van der Waals surface area (Å²) in [6.07, 6.45) is 4.27. The van der Waals surface area contributed by atoms with E-state index in [-0.39, 0.29) is 36.4 Å². The molecule has 0 spiro atoms. The summed E-state index contributed by atoms with van der Waals surface area (Å²) >= 11 is 0. The van der Waals surface area contributed by atoms with E-state index in [2.05, 4.69) is 10.0 Å². The lowest BCUT2D eigenvalue weighted by Gasteiger charge is -2.33. The van der Waals surface area contributed by atoms with Crippen LogP contribution in [0.4, 0.5) is 5.82 Å². The second-order valence-corrected chi connectivity index (χ2v) is 9.32. The van der Waals surface area contributed by atoms with Crippen LogP contribution in [0.5, 0.6) is 0 Å². The zero-order valence-electron chi connectivity index (χ0n) is 16.1. The largest absolute Gasteiger partial charge is 0.339 e. The van der Waals surface area contributed by atoms with E-state index >= 15 is 0 Å². The number of nitrogens with one attached hydrogen (secondary N) is 2. The van der Waals surface area contributed by atoms with Crippen LogP contribution in [-0.2, 0) is 26.0 Å². The van der Waals surface area contributed by atoms with Gasteiger partial charge in [0.25, 0.3) is 5.82 Å². The van der Waals surface area contributed by atoms with Gasteiger partial charge in [0, 0.05) is 17.9 Å². The van der Waals surface area contributed by atoms with Crippen molar-refractivity contribution in [2.45, 2.75) is 51.7 Å². The van der Waals surface area contributed by atoms with Crippen LogP contribution in [0, 0.1) is 5.92 Å². The second-order valence-electron chi connectivity index (χ2n) is 7.49. The third kappa shape index (κ3) is 3.70. The molecule has 148 valence electrons. The minimum Gasteiger partial charge on any atom is -0.339 e. The molecule has 0 aromatic carbocycles. The van der Waals surface area contributed by atoms with Crippen molar-refractivity contribution in [3.05, 3.63) is 23.9 Å². The average molecular weight is 396 g/mol. The van der Waals surface area contributed by atoms with Crippen LogP contribution in [0.2, 0.25) is 0 Å². The lowest BCUT2D eigenvalue weighted by atomic mass is 10.0. The number of carbonyl (C=O) groups is 2. The Morgan fingerprint density at radius 3 is 2.78 bits per heavy atom. The maximum Gasteiger partial charge on any atom is 0.336 e. The van der Waals surface area contributed by atoms with Gasteiger partial charge in [0.05, 0.1) is 19.0 Å². The van der Waals surface area contributed by atoms with Crippen molar-refractivity contribution >= 4 is 27.7 Å². The van der Waals surface area contributed by atoms with Gasteiger partial charge in [0.2, 0.25) is 15.9 Å². The van der Waals surface area contributed by atoms with Crippen LogP contribution in [0.15, 0.2) is 18.3 Å². The van der Waals surface area contributed by atoms with E-state index in [1.165, 1.54) is 0 Å². The number of pyridine rings is 1. The van der Waals surface area contributed by atoms with E-state index < -0.39 is 16.1 Å². The normalized spacial score (nSPS) is 25.3. The van der Waals surface area contributed by atoms with E-state index in [1.807, 2.05) is 43.7 Å². The van der Waals surface area contributed by atoms with Gasteiger partial charge in [-0.3, -0.25) is 4.79 Å². The maximum atomic E-state index is 13.3. The fraction of sp³-hybridized carbons (Fsp3) is 0.611. The monoisotopic (exact) mass is 395 g/mol. The Morgan fingerprint density at radius 1 is 1.44 bits per heavy atom. The van der Waals surface area contributed by atoms with Crippen LogP contribution in [0.1, 0.15) is 38.8 Å². The summed E-state index contributed by atoms with van der Waals surface area (Å²) in [6.45, 7) is 5.82. The number of sulfonamides is 1. The maximum absolute atomic E-state index is 13.3. The van der Waals surface area contributed by atoms with Gasteiger partial charge in [0.1, 0.15) is 12.1 Å². The fourth-order valence-electron chi connectivity index (χ4n) is 3.72. The van der Waals surface area contributed by atoms with Crippen molar-refractivity contribution < 1.29 is 22.6 Å². The number of aromatic nitrogens is 1. The molecule has 0 aliphatic carbocycles. The van der Waals surface area contributed by atoms with Gasteiger partial charge in [-0.05, 0) is 25.5 Å². The Kier molecular flexibility index (Phi) is 5.27. The van der Waals surface area contributed by atoms with Crippen LogP contribution >= 0.6 is 0 Å². The number of hydrogen-bond acceptors (Lipinski definition) is 4. The minimum atomic E-state index is -3.36. The van der Waals surface area contributed by atoms with Crippen LogP contribution in [-0.4, -0.2) is 45.1 Å². The van der Waals surface area contributed by atoms with Crippen molar-refractivity contribution in [1.29, 1.82) is 0 Å². The molecule has 1 unspecified atom stereocenters. The molecule has 2 amide bonds. The number of hydrogen-bond donors (Lipinski definition) is 2. The SMILES string of the molecule is CC[C@@H](C)C(=O)N[C@@H]1C(=O)N2c3c(ccc[n+]3C1C)C[C@H]2CNS(C)(=O)=O. The molecule has 8 nitrogen and oxygen atoms in total. The summed E-state index contributed by atoms with van der Waals surface area (Å²) in [6, 6.07) is 2.66. The first-order valence-electron chi connectivity index (χ1n) is 9.25. The predicted molar refractivity (Wildman–Crippen MR) is 101 cm³/mol. The van der Waals surface area contributed by atoms with Gasteiger partial charge in [-0.1, -0.05) is 13.8 Å². The molecule has 2 aliphatic rings. The highest BCUT2D eigenvalue weighted by atomic mass is 32.2. The minimum absolute atomic E-state index is 0.139. The molecule has 9 heteroatoms. The van der Waals surface area contributed by atoms with Crippen molar-refractivity contribution in [3.8, 4) is 0 Å². The van der Waals surface area contributed by atoms with Crippen molar-refractivity contribution in [2.24, 2.45) is 5.92 Å². The molecule has 1 aromatic rings. The lowest BCUT2D eigenvalue weighted by molar-refractivity contribution is -0.711. The molecule has 27 heavy (non-hydrogen) atoms. The predicted octanol–water partition coefficient (Wildman–Crippen LogP) is -0.113. The van der Waals surface area contributed by atoms with Gasteiger partial charge in [-0.15, -0.1) is 0 Å². The third-order valence-electron chi connectivity index (χ3n) is 5.49. The molecule has 2 aliphatic heterocycles. The lowest BCUT2D eigenvalue weighted by Crippen LogP contribution is -2.66. The fourth-order valence-corrected chi connectivity index (χ4v) is 4.22. The first-order valence-corrected chi connectivity index (χ1v) is 11.1. The van der Waals surface area contributed by atoms with Gasteiger partial charge in [-0.2, -0.15) is 4.90 Å².